The van der Waals surface area contributed by atoms with Gasteiger partial charge in [-0.05, 0) is 36.4 Å². The quantitative estimate of drug-likeness (QED) is 0.330. The predicted molar refractivity (Wildman–Crippen MR) is 136 cm³/mol. The van der Waals surface area contributed by atoms with E-state index in [1.165, 1.54) is 31.2 Å². The molecule has 0 aromatic heterocycles. The molecule has 39 heavy (non-hydrogen) atoms. The number of hydrogen-bond acceptors (Lipinski definition) is 9. The number of carbonyl (C=O) groups is 4. The molecule has 5 atom stereocenters. The summed E-state index contributed by atoms with van der Waals surface area (Å²) < 4.78 is 22.5. The molecule has 1 aliphatic rings. The number of rotatable bonds is 8. The zero-order chi connectivity index (χ0) is 27.8. The van der Waals surface area contributed by atoms with Crippen molar-refractivity contribution in [3.05, 3.63) is 108 Å². The van der Waals surface area contributed by atoms with Gasteiger partial charge in [0, 0.05) is 6.92 Å². The first-order valence-corrected chi connectivity index (χ1v) is 12.2. The highest BCUT2D eigenvalue weighted by molar-refractivity contribution is 5.91. The molecule has 1 heterocycles. The van der Waals surface area contributed by atoms with Gasteiger partial charge in [-0.1, -0.05) is 54.6 Å². The van der Waals surface area contributed by atoms with E-state index in [4.69, 9.17) is 18.9 Å². The van der Waals surface area contributed by atoms with Crippen LogP contribution in [0.4, 0.5) is 0 Å². The molecule has 4 rings (SSSR count). The van der Waals surface area contributed by atoms with E-state index in [1.54, 1.807) is 66.7 Å². The highest BCUT2D eigenvalue weighted by atomic mass is 16.7. The first-order valence-electron chi connectivity index (χ1n) is 12.2. The molecule has 0 saturated carbocycles. The van der Waals surface area contributed by atoms with Crippen LogP contribution in [0.25, 0.3) is 0 Å². The maximum Gasteiger partial charge on any atom is 0.338 e. The second kappa shape index (κ2) is 12.8. The lowest BCUT2D eigenvalue weighted by Gasteiger charge is -2.43. The summed E-state index contributed by atoms with van der Waals surface area (Å²) in [5, 5.41) is 13.3. The minimum Gasteiger partial charge on any atom is -0.459 e. The molecule has 10 nitrogen and oxygen atoms in total. The van der Waals surface area contributed by atoms with Gasteiger partial charge in [-0.25, -0.2) is 14.4 Å². The van der Waals surface area contributed by atoms with E-state index in [-0.39, 0.29) is 16.7 Å². The number of benzene rings is 3. The van der Waals surface area contributed by atoms with Crippen molar-refractivity contribution in [2.75, 3.05) is 6.61 Å². The normalized spacial score (nSPS) is 22.3. The average molecular weight is 534 g/mol. The predicted octanol–water partition coefficient (Wildman–Crippen LogP) is 2.52. The van der Waals surface area contributed by atoms with E-state index in [0.29, 0.717) is 0 Å². The lowest BCUT2D eigenvalue weighted by atomic mass is 9.96. The fourth-order valence-electron chi connectivity index (χ4n) is 4.07. The molecular weight excluding hydrogens is 506 g/mol. The summed E-state index contributed by atoms with van der Waals surface area (Å²) in [5.74, 6) is -2.79. The Balaban J connectivity index is 1.64. The molecule has 0 aliphatic carbocycles. The molecule has 3 aromatic carbocycles. The van der Waals surface area contributed by atoms with Gasteiger partial charge in [-0.15, -0.1) is 0 Å². The molecule has 1 aliphatic heterocycles. The molecule has 202 valence electrons. The van der Waals surface area contributed by atoms with Crippen molar-refractivity contribution in [1.82, 2.24) is 5.32 Å². The first-order chi connectivity index (χ1) is 18.8. The summed E-state index contributed by atoms with van der Waals surface area (Å²) in [5.41, 5.74) is 0.669. The van der Waals surface area contributed by atoms with Crippen LogP contribution < -0.4 is 5.32 Å². The third-order valence-corrected chi connectivity index (χ3v) is 5.93. The number of nitrogens with one attached hydrogen (secondary N) is 1. The SMILES string of the molecule is CC(=O)N[C@H]1[C@@H](OC(=O)c2ccccc2)[C@H](OC(=O)c2ccccc2)[C@@H](COC(=O)c2ccccc2)O[C@H]1O. The lowest BCUT2D eigenvalue weighted by Crippen LogP contribution is -2.66. The third-order valence-electron chi connectivity index (χ3n) is 5.93. The highest BCUT2D eigenvalue weighted by Crippen LogP contribution is 2.28. The van der Waals surface area contributed by atoms with Gasteiger partial charge in [0.2, 0.25) is 5.91 Å². The van der Waals surface area contributed by atoms with Crippen LogP contribution in [-0.4, -0.2) is 66.2 Å². The molecule has 0 bridgehead atoms. The number of ether oxygens (including phenoxy) is 4. The smallest absolute Gasteiger partial charge is 0.338 e. The number of esters is 3. The summed E-state index contributed by atoms with van der Waals surface area (Å²) in [7, 11) is 0. The van der Waals surface area contributed by atoms with Crippen molar-refractivity contribution in [3.63, 3.8) is 0 Å². The fourth-order valence-corrected chi connectivity index (χ4v) is 4.07. The highest BCUT2D eigenvalue weighted by Gasteiger charge is 2.51. The zero-order valence-electron chi connectivity index (χ0n) is 21.0. The van der Waals surface area contributed by atoms with Crippen LogP contribution in [0.1, 0.15) is 38.0 Å². The van der Waals surface area contributed by atoms with Gasteiger partial charge in [0.05, 0.1) is 16.7 Å². The van der Waals surface area contributed by atoms with E-state index in [9.17, 15) is 24.3 Å². The third kappa shape index (κ3) is 7.07. The van der Waals surface area contributed by atoms with Crippen LogP contribution in [0.15, 0.2) is 91.0 Å². The Morgan fingerprint density at radius 3 is 1.62 bits per heavy atom. The topological polar surface area (TPSA) is 137 Å². The minimum atomic E-state index is -1.69. The summed E-state index contributed by atoms with van der Waals surface area (Å²) in [6.07, 6.45) is -5.72. The molecule has 10 heteroatoms. The molecular formula is C29H27NO9. The standard InChI is InChI=1S/C29H27NO9/c1-18(31)30-23-25(39-28(34)21-15-9-4-10-16-21)24(38-27(33)20-13-7-3-8-14-20)22(37-29(23)35)17-36-26(32)19-11-5-2-6-12-19/h2-16,22-25,29,35H,17H2,1H3,(H,30,31)/t22-,23+,24-,25-,29-/m1/s1. The zero-order valence-corrected chi connectivity index (χ0v) is 21.0. The Kier molecular flexibility index (Phi) is 9.03. The number of hydrogen-bond donors (Lipinski definition) is 2. The van der Waals surface area contributed by atoms with Crippen LogP contribution in [-0.2, 0) is 23.7 Å². The van der Waals surface area contributed by atoms with Crippen molar-refractivity contribution in [2.45, 2.75) is 37.6 Å². The minimum absolute atomic E-state index is 0.195. The van der Waals surface area contributed by atoms with E-state index in [1.807, 2.05) is 0 Å². The average Bonchev–Trinajstić information content (AvgIpc) is 2.96. The molecule has 3 aromatic rings. The second-order valence-electron chi connectivity index (χ2n) is 8.73. The summed E-state index contributed by atoms with van der Waals surface area (Å²) >= 11 is 0. The fraction of sp³-hybridized carbons (Fsp3) is 0.241. The van der Waals surface area contributed by atoms with Crippen LogP contribution in [0.2, 0.25) is 0 Å². The number of aliphatic hydroxyl groups is 1. The first kappa shape index (κ1) is 27.5. The largest absolute Gasteiger partial charge is 0.459 e. The number of aliphatic hydroxyl groups excluding tert-OH is 1. The number of amides is 1. The van der Waals surface area contributed by atoms with Crippen LogP contribution >= 0.6 is 0 Å². The summed E-state index contributed by atoms with van der Waals surface area (Å²) in [6, 6.07) is 23.0. The maximum atomic E-state index is 13.1. The maximum absolute atomic E-state index is 13.1. The van der Waals surface area contributed by atoms with Crippen molar-refractivity contribution < 1.29 is 43.2 Å². The molecule has 0 unspecified atom stereocenters. The van der Waals surface area contributed by atoms with E-state index < -0.39 is 61.1 Å². The van der Waals surface area contributed by atoms with Gasteiger partial charge in [0.15, 0.2) is 18.5 Å². The molecule has 1 saturated heterocycles. The van der Waals surface area contributed by atoms with Crippen LogP contribution in [0, 0.1) is 0 Å². The van der Waals surface area contributed by atoms with Crippen molar-refractivity contribution in [3.8, 4) is 0 Å². The van der Waals surface area contributed by atoms with Gasteiger partial charge in [0.1, 0.15) is 18.8 Å². The van der Waals surface area contributed by atoms with Gasteiger partial charge in [-0.3, -0.25) is 4.79 Å². The molecule has 1 fully saturated rings. The Hall–Kier alpha value is -4.54. The number of carbonyl (C=O) groups excluding carboxylic acids is 4. The molecule has 0 radical (unpaired) electrons. The van der Waals surface area contributed by atoms with Crippen molar-refractivity contribution in [1.29, 1.82) is 0 Å². The van der Waals surface area contributed by atoms with Gasteiger partial charge < -0.3 is 29.4 Å². The second-order valence-corrected chi connectivity index (χ2v) is 8.73. The van der Waals surface area contributed by atoms with Gasteiger partial charge >= 0.3 is 17.9 Å². The van der Waals surface area contributed by atoms with Crippen LogP contribution in [0.3, 0.4) is 0 Å². The van der Waals surface area contributed by atoms with E-state index in [2.05, 4.69) is 5.32 Å². The van der Waals surface area contributed by atoms with E-state index >= 15 is 0 Å². The molecule has 0 spiro atoms. The van der Waals surface area contributed by atoms with Crippen molar-refractivity contribution in [2.24, 2.45) is 0 Å². The van der Waals surface area contributed by atoms with Crippen molar-refractivity contribution >= 4 is 23.8 Å². The Labute approximate surface area is 224 Å². The Morgan fingerprint density at radius 1 is 0.718 bits per heavy atom. The van der Waals surface area contributed by atoms with Crippen LogP contribution in [0.5, 0.6) is 0 Å². The van der Waals surface area contributed by atoms with E-state index in [0.717, 1.165) is 0 Å². The summed E-state index contributed by atoms with van der Waals surface area (Å²) in [4.78, 5) is 50.6. The monoisotopic (exact) mass is 533 g/mol. The Morgan fingerprint density at radius 2 is 1.15 bits per heavy atom. The summed E-state index contributed by atoms with van der Waals surface area (Å²) in [6.45, 7) is 0.755. The lowest BCUT2D eigenvalue weighted by molar-refractivity contribution is -0.253. The van der Waals surface area contributed by atoms with Gasteiger partial charge in [0.25, 0.3) is 0 Å². The Bertz CT molecular complexity index is 1280. The molecule has 1 amide bonds. The van der Waals surface area contributed by atoms with Gasteiger partial charge in [-0.2, -0.15) is 0 Å². The molecule has 2 N–H and O–H groups in total.